The van der Waals surface area contributed by atoms with Gasteiger partial charge in [0, 0.05) is 36.6 Å². The second-order valence-corrected chi connectivity index (χ2v) is 7.30. The number of likely N-dealkylation sites (tertiary alicyclic amines) is 2. The molecule has 0 spiro atoms. The van der Waals surface area contributed by atoms with Crippen molar-refractivity contribution in [3.05, 3.63) is 28.2 Å². The molecule has 2 aliphatic rings. The second-order valence-electron chi connectivity index (χ2n) is 6.44. The van der Waals surface area contributed by atoms with Gasteiger partial charge in [0.25, 0.3) is 5.91 Å². The Bertz CT molecular complexity index is 621. The van der Waals surface area contributed by atoms with Crippen molar-refractivity contribution in [1.29, 1.82) is 0 Å². The van der Waals surface area contributed by atoms with Gasteiger partial charge in [-0.15, -0.1) is 0 Å². The number of amides is 2. The summed E-state index contributed by atoms with van der Waals surface area (Å²) in [4.78, 5) is 29.1. The van der Waals surface area contributed by atoms with Crippen molar-refractivity contribution >= 4 is 27.7 Å². The minimum absolute atomic E-state index is 0.00662. The van der Waals surface area contributed by atoms with Crippen molar-refractivity contribution in [1.82, 2.24) is 9.80 Å². The lowest BCUT2D eigenvalue weighted by Crippen LogP contribution is -2.43. The molecule has 130 valence electrons. The second kappa shape index (κ2) is 7.55. The summed E-state index contributed by atoms with van der Waals surface area (Å²) < 4.78 is 5.98. The molecule has 0 bridgehead atoms. The van der Waals surface area contributed by atoms with Crippen molar-refractivity contribution < 1.29 is 14.3 Å². The van der Waals surface area contributed by atoms with Crippen molar-refractivity contribution in [2.24, 2.45) is 5.92 Å². The van der Waals surface area contributed by atoms with Crippen LogP contribution < -0.4 is 4.74 Å². The van der Waals surface area contributed by atoms with E-state index in [2.05, 4.69) is 15.9 Å². The summed E-state index contributed by atoms with van der Waals surface area (Å²) in [5, 5.41) is 0. The van der Waals surface area contributed by atoms with Crippen LogP contribution in [0.3, 0.4) is 0 Å². The smallest absolute Gasteiger partial charge is 0.255 e. The summed E-state index contributed by atoms with van der Waals surface area (Å²) in [5.41, 5.74) is 0.610. The summed E-state index contributed by atoms with van der Waals surface area (Å²) in [6, 6.07) is 5.41. The third-order valence-corrected chi connectivity index (χ3v) is 5.64. The van der Waals surface area contributed by atoms with Gasteiger partial charge in [0.2, 0.25) is 5.91 Å². The first-order valence-corrected chi connectivity index (χ1v) is 9.31. The van der Waals surface area contributed by atoms with Gasteiger partial charge in [-0.25, -0.2) is 0 Å². The topological polar surface area (TPSA) is 49.9 Å². The molecule has 2 fully saturated rings. The number of carbonyl (C=O) groups excluding carboxylic acids is 2. The van der Waals surface area contributed by atoms with Crippen molar-refractivity contribution in [2.75, 3.05) is 33.3 Å². The summed E-state index contributed by atoms with van der Waals surface area (Å²) in [5.74, 6) is 1.01. The van der Waals surface area contributed by atoms with Crippen LogP contribution in [0.5, 0.6) is 5.75 Å². The Morgan fingerprint density at radius 2 is 1.75 bits per heavy atom. The molecule has 0 unspecified atom stereocenters. The van der Waals surface area contributed by atoms with E-state index in [0.717, 1.165) is 43.2 Å². The van der Waals surface area contributed by atoms with E-state index in [9.17, 15) is 9.59 Å². The van der Waals surface area contributed by atoms with Crippen LogP contribution in [0.4, 0.5) is 0 Å². The Balaban J connectivity index is 1.62. The molecule has 0 saturated carbocycles. The van der Waals surface area contributed by atoms with Crippen LogP contribution in [-0.4, -0.2) is 54.9 Å². The minimum Gasteiger partial charge on any atom is -0.497 e. The fourth-order valence-electron chi connectivity index (χ4n) is 3.49. The Hall–Kier alpha value is -1.56. The fraction of sp³-hybridized carbons (Fsp3) is 0.556. The average Bonchev–Trinajstić information content (AvgIpc) is 3.16. The zero-order valence-corrected chi connectivity index (χ0v) is 15.5. The van der Waals surface area contributed by atoms with Crippen LogP contribution in [0.2, 0.25) is 0 Å². The van der Waals surface area contributed by atoms with E-state index in [4.69, 9.17) is 4.74 Å². The van der Waals surface area contributed by atoms with E-state index in [-0.39, 0.29) is 17.7 Å². The number of hydrogen-bond acceptors (Lipinski definition) is 3. The van der Waals surface area contributed by atoms with Gasteiger partial charge in [-0.05, 0) is 59.8 Å². The van der Waals surface area contributed by atoms with Gasteiger partial charge in [0.15, 0.2) is 0 Å². The van der Waals surface area contributed by atoms with Crippen LogP contribution in [-0.2, 0) is 4.79 Å². The first-order chi connectivity index (χ1) is 11.6. The molecule has 2 heterocycles. The van der Waals surface area contributed by atoms with Crippen molar-refractivity contribution in [3.8, 4) is 5.75 Å². The number of methoxy groups -OCH3 is 1. The molecule has 1 aromatic carbocycles. The van der Waals surface area contributed by atoms with Gasteiger partial charge in [0.1, 0.15) is 5.75 Å². The number of carbonyl (C=O) groups is 2. The predicted molar refractivity (Wildman–Crippen MR) is 95.1 cm³/mol. The van der Waals surface area contributed by atoms with Crippen LogP contribution in [0.25, 0.3) is 0 Å². The number of hydrogen-bond donors (Lipinski definition) is 0. The molecule has 5 nitrogen and oxygen atoms in total. The van der Waals surface area contributed by atoms with Crippen molar-refractivity contribution in [2.45, 2.75) is 25.7 Å². The Morgan fingerprint density at radius 1 is 1.08 bits per heavy atom. The number of rotatable bonds is 3. The molecule has 2 aliphatic heterocycles. The van der Waals surface area contributed by atoms with E-state index >= 15 is 0 Å². The van der Waals surface area contributed by atoms with Gasteiger partial charge in [0.05, 0.1) is 12.7 Å². The number of halogens is 1. The van der Waals surface area contributed by atoms with E-state index in [0.29, 0.717) is 24.4 Å². The maximum absolute atomic E-state index is 12.8. The molecular weight excluding hydrogens is 372 g/mol. The number of nitrogens with zero attached hydrogens (tertiary/aromatic N) is 2. The molecule has 3 rings (SSSR count). The summed E-state index contributed by atoms with van der Waals surface area (Å²) in [6.45, 7) is 3.06. The van der Waals surface area contributed by atoms with Gasteiger partial charge < -0.3 is 14.5 Å². The molecule has 1 aromatic rings. The molecule has 0 N–H and O–H groups in total. The first-order valence-electron chi connectivity index (χ1n) is 8.51. The molecule has 0 aromatic heterocycles. The highest BCUT2D eigenvalue weighted by Crippen LogP contribution is 2.27. The van der Waals surface area contributed by atoms with Crippen LogP contribution in [0.1, 0.15) is 36.0 Å². The highest BCUT2D eigenvalue weighted by Gasteiger charge is 2.31. The SMILES string of the molecule is COc1ccc(Br)c(C(=O)N2CCC(C(=O)N3CCCC3)CC2)c1. The summed E-state index contributed by atoms with van der Waals surface area (Å²) in [6.07, 6.45) is 3.74. The molecule has 0 radical (unpaired) electrons. The number of benzene rings is 1. The van der Waals surface area contributed by atoms with Gasteiger partial charge in [-0.2, -0.15) is 0 Å². The lowest BCUT2D eigenvalue weighted by atomic mass is 9.95. The lowest BCUT2D eigenvalue weighted by Gasteiger charge is -2.33. The van der Waals surface area contributed by atoms with E-state index in [1.165, 1.54) is 0 Å². The minimum atomic E-state index is -0.00662. The normalized spacial score (nSPS) is 18.8. The molecule has 6 heteroatoms. The largest absolute Gasteiger partial charge is 0.497 e. The van der Waals surface area contributed by atoms with E-state index in [1.54, 1.807) is 13.2 Å². The molecule has 0 aliphatic carbocycles. The van der Waals surface area contributed by atoms with E-state index < -0.39 is 0 Å². The third-order valence-electron chi connectivity index (χ3n) is 4.95. The quantitative estimate of drug-likeness (QED) is 0.791. The van der Waals surface area contributed by atoms with Gasteiger partial charge in [-0.1, -0.05) is 0 Å². The van der Waals surface area contributed by atoms with E-state index in [1.807, 2.05) is 21.9 Å². The molecular formula is C18H23BrN2O3. The van der Waals surface area contributed by atoms with Gasteiger partial charge in [-0.3, -0.25) is 9.59 Å². The molecule has 24 heavy (non-hydrogen) atoms. The lowest BCUT2D eigenvalue weighted by molar-refractivity contribution is -0.135. The predicted octanol–water partition coefficient (Wildman–Crippen LogP) is 2.93. The zero-order valence-electron chi connectivity index (χ0n) is 14.0. The van der Waals surface area contributed by atoms with Crippen molar-refractivity contribution in [3.63, 3.8) is 0 Å². The Kier molecular flexibility index (Phi) is 5.43. The Morgan fingerprint density at radius 3 is 2.38 bits per heavy atom. The number of piperidine rings is 1. The fourth-order valence-corrected chi connectivity index (χ4v) is 3.91. The monoisotopic (exact) mass is 394 g/mol. The Labute approximate surface area is 151 Å². The maximum atomic E-state index is 12.8. The van der Waals surface area contributed by atoms with Crippen LogP contribution in [0.15, 0.2) is 22.7 Å². The first kappa shape index (κ1) is 17.3. The zero-order chi connectivity index (χ0) is 17.1. The highest BCUT2D eigenvalue weighted by molar-refractivity contribution is 9.10. The summed E-state index contributed by atoms with van der Waals surface area (Å²) >= 11 is 3.44. The standard InChI is InChI=1S/C18H23BrN2O3/c1-24-14-4-5-16(19)15(12-14)18(23)21-10-6-13(7-11-21)17(22)20-8-2-3-9-20/h4-5,12-13H,2-3,6-11H2,1H3. The van der Waals surface area contributed by atoms with Crippen LogP contribution >= 0.6 is 15.9 Å². The molecule has 2 saturated heterocycles. The molecule has 2 amide bonds. The third kappa shape index (κ3) is 3.58. The average molecular weight is 395 g/mol. The van der Waals surface area contributed by atoms with Gasteiger partial charge >= 0.3 is 0 Å². The summed E-state index contributed by atoms with van der Waals surface area (Å²) in [7, 11) is 1.59. The highest BCUT2D eigenvalue weighted by atomic mass is 79.9. The molecule has 0 atom stereocenters. The maximum Gasteiger partial charge on any atom is 0.255 e. The number of ether oxygens (including phenoxy) is 1. The van der Waals surface area contributed by atoms with Crippen LogP contribution in [0, 0.1) is 5.92 Å².